The molecule has 0 bridgehead atoms. The minimum absolute atomic E-state index is 0.116. The molecule has 0 radical (unpaired) electrons. The Hall–Kier alpha value is -3.30. The lowest BCUT2D eigenvalue weighted by Gasteiger charge is -2.33. The number of ether oxygens (including phenoxy) is 1. The Morgan fingerprint density at radius 1 is 1.15 bits per heavy atom. The predicted molar refractivity (Wildman–Crippen MR) is 131 cm³/mol. The fourth-order valence-electron chi connectivity index (χ4n) is 3.74. The first kappa shape index (κ1) is 22.9. The quantitative estimate of drug-likeness (QED) is 0.570. The van der Waals surface area contributed by atoms with Crippen LogP contribution in [0.1, 0.15) is 0 Å². The lowest BCUT2D eigenvalue weighted by atomic mass is 10.1. The van der Waals surface area contributed by atoms with Crippen LogP contribution in [-0.4, -0.2) is 67.2 Å². The summed E-state index contributed by atoms with van der Waals surface area (Å²) in [4.78, 5) is 33.1. The van der Waals surface area contributed by atoms with Crippen molar-refractivity contribution in [2.24, 2.45) is 7.05 Å². The second-order valence-electron chi connectivity index (χ2n) is 8.05. The number of likely N-dealkylation sites (N-methyl/N-ethyl adjacent to an activating group) is 2. The summed E-state index contributed by atoms with van der Waals surface area (Å²) < 4.78 is 6.95. The lowest BCUT2D eigenvalue weighted by molar-refractivity contribution is -0.122. The minimum atomic E-state index is -0.309. The molecule has 1 saturated heterocycles. The van der Waals surface area contributed by atoms with Crippen molar-refractivity contribution >= 4 is 45.6 Å². The molecule has 3 heterocycles. The summed E-state index contributed by atoms with van der Waals surface area (Å²) in [6.07, 6.45) is 1.66. The number of piperazine rings is 1. The zero-order valence-corrected chi connectivity index (χ0v) is 19.6. The van der Waals surface area contributed by atoms with Crippen LogP contribution in [0.15, 0.2) is 41.3 Å². The van der Waals surface area contributed by atoms with Gasteiger partial charge in [0.15, 0.2) is 12.4 Å². The molecule has 0 spiro atoms. The summed E-state index contributed by atoms with van der Waals surface area (Å²) in [5.41, 5.74) is 1.99. The molecule has 0 atom stereocenters. The van der Waals surface area contributed by atoms with E-state index in [0.29, 0.717) is 5.02 Å². The highest BCUT2D eigenvalue weighted by Gasteiger charge is 2.17. The second-order valence-corrected chi connectivity index (χ2v) is 8.45. The van der Waals surface area contributed by atoms with Gasteiger partial charge in [-0.15, -0.1) is 0 Å². The molecular weight excluding hydrogens is 444 g/mol. The first-order valence-corrected chi connectivity index (χ1v) is 11.1. The van der Waals surface area contributed by atoms with Crippen LogP contribution in [0.4, 0.5) is 17.2 Å². The molecule has 10 heteroatoms. The Morgan fingerprint density at radius 3 is 2.64 bits per heavy atom. The number of hydrogen-bond donors (Lipinski definition) is 2. The largest absolute Gasteiger partial charge is 0.478 e. The number of hydrogen-bond acceptors (Lipinski definition) is 7. The molecule has 0 saturated carbocycles. The first-order chi connectivity index (χ1) is 15.9. The maximum absolute atomic E-state index is 12.6. The molecule has 3 aromatic rings. The van der Waals surface area contributed by atoms with Gasteiger partial charge < -0.3 is 29.7 Å². The molecule has 4 rings (SSSR count). The molecule has 174 valence electrons. The van der Waals surface area contributed by atoms with Crippen LogP contribution in [-0.2, 0) is 11.8 Å². The SMILES string of the molecule is CNC(=O)COc1cc2cc(Nc3cc(N4CCN(C)CC4)ncc3Cl)ccc2n(C)c1=O. The van der Waals surface area contributed by atoms with E-state index in [2.05, 4.69) is 32.5 Å². The van der Waals surface area contributed by atoms with Gasteiger partial charge >= 0.3 is 0 Å². The molecule has 0 aliphatic carbocycles. The Bertz CT molecular complexity index is 1240. The number of nitrogens with zero attached hydrogens (tertiary/aromatic N) is 4. The Kier molecular flexibility index (Phi) is 6.71. The zero-order valence-electron chi connectivity index (χ0n) is 18.9. The van der Waals surface area contributed by atoms with Gasteiger partial charge in [0.1, 0.15) is 5.82 Å². The maximum Gasteiger partial charge on any atom is 0.293 e. The monoisotopic (exact) mass is 470 g/mol. The van der Waals surface area contributed by atoms with Crippen LogP contribution in [0.5, 0.6) is 5.75 Å². The van der Waals surface area contributed by atoms with E-state index in [1.165, 1.54) is 11.6 Å². The number of aromatic nitrogens is 2. The van der Waals surface area contributed by atoms with Crippen molar-refractivity contribution in [2.75, 3.05) is 57.1 Å². The molecule has 1 aromatic carbocycles. The Labute approximate surface area is 196 Å². The van der Waals surface area contributed by atoms with Crippen molar-refractivity contribution < 1.29 is 9.53 Å². The number of carbonyl (C=O) groups is 1. The molecule has 2 N–H and O–H groups in total. The molecule has 9 nitrogen and oxygen atoms in total. The molecule has 0 unspecified atom stereocenters. The van der Waals surface area contributed by atoms with E-state index in [-0.39, 0.29) is 23.8 Å². The Morgan fingerprint density at radius 2 is 1.91 bits per heavy atom. The maximum atomic E-state index is 12.6. The smallest absolute Gasteiger partial charge is 0.293 e. The molecule has 2 aromatic heterocycles. The third-order valence-electron chi connectivity index (χ3n) is 5.78. The molecular formula is C23H27ClN6O3. The number of rotatable bonds is 6. The lowest BCUT2D eigenvalue weighted by Crippen LogP contribution is -2.44. The van der Waals surface area contributed by atoms with Gasteiger partial charge in [-0.25, -0.2) is 4.98 Å². The number of carbonyl (C=O) groups excluding carboxylic acids is 1. The molecule has 1 aliphatic rings. The van der Waals surface area contributed by atoms with Crippen molar-refractivity contribution in [3.05, 3.63) is 51.9 Å². The van der Waals surface area contributed by atoms with Gasteiger partial charge in [-0.2, -0.15) is 0 Å². The summed E-state index contributed by atoms with van der Waals surface area (Å²) in [5.74, 6) is 0.684. The number of benzene rings is 1. The first-order valence-electron chi connectivity index (χ1n) is 10.7. The van der Waals surface area contributed by atoms with Crippen molar-refractivity contribution in [3.8, 4) is 5.75 Å². The van der Waals surface area contributed by atoms with Gasteiger partial charge in [0.25, 0.3) is 11.5 Å². The number of halogens is 1. The summed E-state index contributed by atoms with van der Waals surface area (Å²) >= 11 is 6.43. The van der Waals surface area contributed by atoms with Gasteiger partial charge in [-0.3, -0.25) is 9.59 Å². The number of pyridine rings is 2. The van der Waals surface area contributed by atoms with Crippen molar-refractivity contribution in [3.63, 3.8) is 0 Å². The van der Waals surface area contributed by atoms with Gasteiger partial charge in [0.05, 0.1) is 22.4 Å². The van der Waals surface area contributed by atoms with Crippen LogP contribution in [0.2, 0.25) is 5.02 Å². The average molecular weight is 471 g/mol. The van der Waals surface area contributed by atoms with Gasteiger partial charge in [0.2, 0.25) is 0 Å². The average Bonchev–Trinajstić information content (AvgIpc) is 2.82. The fourth-order valence-corrected chi connectivity index (χ4v) is 3.89. The van der Waals surface area contributed by atoms with E-state index in [1.54, 1.807) is 19.3 Å². The van der Waals surface area contributed by atoms with Gasteiger partial charge in [-0.05, 0) is 31.3 Å². The van der Waals surface area contributed by atoms with Crippen LogP contribution in [0, 0.1) is 0 Å². The van der Waals surface area contributed by atoms with Crippen molar-refractivity contribution in [1.29, 1.82) is 0 Å². The third kappa shape index (κ3) is 5.04. The normalized spacial score (nSPS) is 14.4. The van der Waals surface area contributed by atoms with E-state index < -0.39 is 0 Å². The summed E-state index contributed by atoms with van der Waals surface area (Å²) in [6.45, 7) is 3.57. The minimum Gasteiger partial charge on any atom is -0.478 e. The number of nitrogens with one attached hydrogen (secondary N) is 2. The molecule has 1 fully saturated rings. The van der Waals surface area contributed by atoms with Crippen molar-refractivity contribution in [2.45, 2.75) is 0 Å². The number of fused-ring (bicyclic) bond motifs is 1. The highest BCUT2D eigenvalue weighted by atomic mass is 35.5. The van der Waals surface area contributed by atoms with E-state index in [0.717, 1.165) is 54.3 Å². The van der Waals surface area contributed by atoms with Crippen LogP contribution in [0.3, 0.4) is 0 Å². The second kappa shape index (κ2) is 9.68. The van der Waals surface area contributed by atoms with E-state index >= 15 is 0 Å². The van der Waals surface area contributed by atoms with Crippen LogP contribution in [0.25, 0.3) is 10.9 Å². The third-order valence-corrected chi connectivity index (χ3v) is 6.08. The van der Waals surface area contributed by atoms with Crippen LogP contribution < -0.4 is 25.8 Å². The highest BCUT2D eigenvalue weighted by Crippen LogP contribution is 2.30. The summed E-state index contributed by atoms with van der Waals surface area (Å²) in [5, 5.41) is 7.14. The van der Waals surface area contributed by atoms with Gasteiger partial charge in [-0.1, -0.05) is 11.6 Å². The highest BCUT2D eigenvalue weighted by molar-refractivity contribution is 6.33. The molecule has 1 amide bonds. The topological polar surface area (TPSA) is 91.7 Å². The number of amides is 1. The van der Waals surface area contributed by atoms with Crippen molar-refractivity contribution in [1.82, 2.24) is 19.8 Å². The van der Waals surface area contributed by atoms with E-state index in [9.17, 15) is 9.59 Å². The zero-order chi connectivity index (χ0) is 23.5. The summed E-state index contributed by atoms with van der Waals surface area (Å²) in [6, 6.07) is 9.26. The van der Waals surface area contributed by atoms with E-state index in [4.69, 9.17) is 16.3 Å². The standard InChI is InChI=1S/C23H27ClN6O3/c1-25-22(31)14-33-20-11-15-10-16(4-5-19(15)29(3)23(20)32)27-18-12-21(26-13-17(18)24)30-8-6-28(2)7-9-30/h4-5,10-13H,6-9,14H2,1-3H3,(H,25,31)(H,26,27). The molecule has 33 heavy (non-hydrogen) atoms. The summed E-state index contributed by atoms with van der Waals surface area (Å²) in [7, 11) is 5.30. The van der Waals surface area contributed by atoms with Gasteiger partial charge in [0, 0.05) is 57.4 Å². The predicted octanol–water partition coefficient (Wildman–Crippen LogP) is 2.21. The number of aryl methyl sites for hydroxylation is 1. The fraction of sp³-hybridized carbons (Fsp3) is 0.348. The van der Waals surface area contributed by atoms with Crippen LogP contribution >= 0.6 is 11.6 Å². The Balaban J connectivity index is 1.61. The molecule has 1 aliphatic heterocycles. The number of anilines is 3. The van der Waals surface area contributed by atoms with E-state index in [1.807, 2.05) is 24.3 Å².